The molecule has 6 nitrogen and oxygen atoms in total. The van der Waals surface area contributed by atoms with E-state index >= 15 is 0 Å². The summed E-state index contributed by atoms with van der Waals surface area (Å²) in [6.07, 6.45) is 5.89. The molecule has 0 N–H and O–H groups in total. The molecule has 0 atom stereocenters. The quantitative estimate of drug-likeness (QED) is 0.807. The zero-order chi connectivity index (χ0) is 18.3. The molecular weight excluding hydrogens is 350 g/mol. The topological polar surface area (TPSA) is 60.9 Å². The molecule has 3 aliphatic heterocycles. The number of anilines is 2. The Labute approximate surface area is 155 Å². The Morgan fingerprint density at radius 2 is 1.73 bits per heavy atom. The number of rotatable bonds is 3. The number of fused-ring (bicyclic) bond motifs is 1. The van der Waals surface area contributed by atoms with Crippen LogP contribution in [0.4, 0.5) is 11.4 Å². The molecule has 2 fully saturated rings. The summed E-state index contributed by atoms with van der Waals surface area (Å²) in [6.45, 7) is 3.89. The number of amides is 1. The molecule has 142 valence electrons. The van der Waals surface area contributed by atoms with Crippen LogP contribution in [0.2, 0.25) is 0 Å². The Hall–Kier alpha value is -1.60. The van der Waals surface area contributed by atoms with Gasteiger partial charge in [-0.25, -0.2) is 12.7 Å². The normalized spacial score (nSPS) is 22.0. The average Bonchev–Trinajstić information content (AvgIpc) is 3.29. The second-order valence-corrected chi connectivity index (χ2v) is 9.67. The van der Waals surface area contributed by atoms with Crippen molar-refractivity contribution in [3.63, 3.8) is 0 Å². The molecule has 7 heteroatoms. The van der Waals surface area contributed by atoms with Crippen LogP contribution in [0.15, 0.2) is 18.2 Å². The molecule has 1 aromatic rings. The highest BCUT2D eigenvalue weighted by Gasteiger charge is 2.34. The summed E-state index contributed by atoms with van der Waals surface area (Å²) in [7, 11) is -3.15. The molecular formula is C19H27N3O3S. The van der Waals surface area contributed by atoms with Gasteiger partial charge in [-0.3, -0.25) is 4.79 Å². The van der Waals surface area contributed by atoms with Gasteiger partial charge in [0.25, 0.3) is 0 Å². The molecule has 0 bridgehead atoms. The van der Waals surface area contributed by atoms with Gasteiger partial charge in [-0.05, 0) is 55.9 Å². The van der Waals surface area contributed by atoms with Crippen molar-refractivity contribution in [2.75, 3.05) is 48.8 Å². The van der Waals surface area contributed by atoms with Crippen LogP contribution in [-0.4, -0.2) is 57.6 Å². The van der Waals surface area contributed by atoms with Gasteiger partial charge in [-0.1, -0.05) is 0 Å². The highest BCUT2D eigenvalue weighted by Crippen LogP contribution is 2.35. The number of nitrogens with zero attached hydrogens (tertiary/aromatic N) is 3. The van der Waals surface area contributed by atoms with Crippen molar-refractivity contribution in [1.82, 2.24) is 4.31 Å². The smallest absolute Gasteiger partial charge is 0.230 e. The Morgan fingerprint density at radius 1 is 1.04 bits per heavy atom. The van der Waals surface area contributed by atoms with Crippen LogP contribution in [0.5, 0.6) is 0 Å². The zero-order valence-corrected chi connectivity index (χ0v) is 16.2. The van der Waals surface area contributed by atoms with E-state index in [9.17, 15) is 13.2 Å². The van der Waals surface area contributed by atoms with Crippen LogP contribution in [-0.2, 0) is 21.2 Å². The standard InChI is InChI=1S/C19H27N3O3S/c1-26(24,25)21-11-6-15(7-12-21)19(23)22-13-8-16-14-17(4-5-18(16)22)20-9-2-3-10-20/h4-5,14-15H,2-3,6-13H2,1H3. The number of piperidine rings is 1. The van der Waals surface area contributed by atoms with E-state index in [2.05, 4.69) is 23.1 Å². The number of hydrogen-bond donors (Lipinski definition) is 0. The average molecular weight is 378 g/mol. The van der Waals surface area contributed by atoms with E-state index in [-0.39, 0.29) is 11.8 Å². The van der Waals surface area contributed by atoms with E-state index in [4.69, 9.17) is 0 Å². The number of benzene rings is 1. The lowest BCUT2D eigenvalue weighted by Gasteiger charge is -2.32. The van der Waals surface area contributed by atoms with Crippen molar-refractivity contribution in [1.29, 1.82) is 0 Å². The van der Waals surface area contributed by atoms with Crippen LogP contribution >= 0.6 is 0 Å². The number of carbonyl (C=O) groups excluding carboxylic acids is 1. The van der Waals surface area contributed by atoms with Crippen LogP contribution in [0.3, 0.4) is 0 Å². The van der Waals surface area contributed by atoms with Crippen molar-refractivity contribution < 1.29 is 13.2 Å². The molecule has 3 heterocycles. The first-order chi connectivity index (χ1) is 12.4. The van der Waals surface area contributed by atoms with Crippen molar-refractivity contribution in [3.05, 3.63) is 23.8 Å². The Kier molecular flexibility index (Phi) is 4.69. The summed E-state index contributed by atoms with van der Waals surface area (Å²) in [5.41, 5.74) is 3.58. The van der Waals surface area contributed by atoms with Gasteiger partial charge in [0.2, 0.25) is 15.9 Å². The van der Waals surface area contributed by atoms with Gasteiger partial charge in [-0.2, -0.15) is 0 Å². The number of carbonyl (C=O) groups is 1. The SMILES string of the molecule is CS(=O)(=O)N1CCC(C(=O)N2CCc3cc(N4CCCC4)ccc32)CC1. The van der Waals surface area contributed by atoms with Gasteiger partial charge in [0.05, 0.1) is 6.26 Å². The second-order valence-electron chi connectivity index (χ2n) is 7.68. The molecule has 26 heavy (non-hydrogen) atoms. The van der Waals surface area contributed by atoms with Crippen LogP contribution in [0.1, 0.15) is 31.2 Å². The fourth-order valence-corrected chi connectivity index (χ4v) is 5.32. The van der Waals surface area contributed by atoms with Crippen LogP contribution < -0.4 is 9.80 Å². The van der Waals surface area contributed by atoms with Gasteiger partial charge >= 0.3 is 0 Å². The lowest BCUT2D eigenvalue weighted by atomic mass is 9.96. The number of sulfonamides is 1. The fourth-order valence-electron chi connectivity index (χ4n) is 4.44. The van der Waals surface area contributed by atoms with E-state index in [1.54, 1.807) is 0 Å². The molecule has 0 aliphatic carbocycles. The first-order valence-corrected chi connectivity index (χ1v) is 11.4. The summed E-state index contributed by atoms with van der Waals surface area (Å²) in [5, 5.41) is 0. The molecule has 0 unspecified atom stereocenters. The van der Waals surface area contributed by atoms with Crippen molar-refractivity contribution in [3.8, 4) is 0 Å². The van der Waals surface area contributed by atoms with Gasteiger partial charge in [0.15, 0.2) is 0 Å². The zero-order valence-electron chi connectivity index (χ0n) is 15.4. The van der Waals surface area contributed by atoms with Gasteiger partial charge in [-0.15, -0.1) is 0 Å². The largest absolute Gasteiger partial charge is 0.372 e. The van der Waals surface area contributed by atoms with Crippen molar-refractivity contribution >= 4 is 27.3 Å². The predicted octanol–water partition coefficient (Wildman–Crippen LogP) is 1.85. The monoisotopic (exact) mass is 377 g/mol. The summed E-state index contributed by atoms with van der Waals surface area (Å²) >= 11 is 0. The summed E-state index contributed by atoms with van der Waals surface area (Å²) < 4.78 is 24.8. The van der Waals surface area contributed by atoms with Crippen molar-refractivity contribution in [2.24, 2.45) is 5.92 Å². The Balaban J connectivity index is 1.45. The van der Waals surface area contributed by atoms with Gasteiger partial charge in [0, 0.05) is 50.0 Å². The van der Waals surface area contributed by atoms with Crippen molar-refractivity contribution in [2.45, 2.75) is 32.1 Å². The van der Waals surface area contributed by atoms with E-state index in [0.29, 0.717) is 25.9 Å². The highest BCUT2D eigenvalue weighted by molar-refractivity contribution is 7.88. The van der Waals surface area contributed by atoms with Crippen LogP contribution in [0.25, 0.3) is 0 Å². The first-order valence-electron chi connectivity index (χ1n) is 9.58. The molecule has 1 amide bonds. The Morgan fingerprint density at radius 3 is 2.38 bits per heavy atom. The maximum absolute atomic E-state index is 13.0. The Bertz CT molecular complexity index is 794. The minimum Gasteiger partial charge on any atom is -0.372 e. The summed E-state index contributed by atoms with van der Waals surface area (Å²) in [4.78, 5) is 17.4. The fraction of sp³-hybridized carbons (Fsp3) is 0.632. The third kappa shape index (κ3) is 3.34. The van der Waals surface area contributed by atoms with E-state index in [1.165, 1.54) is 34.7 Å². The molecule has 0 aromatic heterocycles. The molecule has 0 saturated carbocycles. The second kappa shape index (κ2) is 6.85. The molecule has 1 aromatic carbocycles. The minimum atomic E-state index is -3.15. The first kappa shape index (κ1) is 17.8. The van der Waals surface area contributed by atoms with Gasteiger partial charge in [0.1, 0.15) is 0 Å². The number of hydrogen-bond acceptors (Lipinski definition) is 4. The van der Waals surface area contributed by atoms with Crippen LogP contribution in [0, 0.1) is 5.92 Å². The van der Waals surface area contributed by atoms with E-state index in [1.807, 2.05) is 4.90 Å². The molecule has 0 spiro atoms. The highest BCUT2D eigenvalue weighted by atomic mass is 32.2. The van der Waals surface area contributed by atoms with E-state index < -0.39 is 10.0 Å². The predicted molar refractivity (Wildman–Crippen MR) is 103 cm³/mol. The lowest BCUT2D eigenvalue weighted by molar-refractivity contribution is -0.123. The molecule has 3 aliphatic rings. The van der Waals surface area contributed by atoms with Gasteiger partial charge < -0.3 is 9.80 Å². The summed E-state index contributed by atoms with van der Waals surface area (Å²) in [5.74, 6) is 0.0861. The third-order valence-corrected chi connectivity index (χ3v) is 7.27. The minimum absolute atomic E-state index is 0.0720. The molecule has 4 rings (SSSR count). The lowest BCUT2D eigenvalue weighted by Crippen LogP contribution is -2.43. The maximum atomic E-state index is 13.0. The molecule has 0 radical (unpaired) electrons. The molecule has 2 saturated heterocycles. The van der Waals surface area contributed by atoms with E-state index in [0.717, 1.165) is 31.7 Å². The summed E-state index contributed by atoms with van der Waals surface area (Å²) in [6, 6.07) is 6.49. The third-order valence-electron chi connectivity index (χ3n) is 5.97. The maximum Gasteiger partial charge on any atom is 0.230 e.